The van der Waals surface area contributed by atoms with Crippen molar-refractivity contribution in [2.75, 3.05) is 6.61 Å². The van der Waals surface area contributed by atoms with E-state index in [1.165, 1.54) is 0 Å². The minimum Gasteiger partial charge on any atom is -0.491 e. The van der Waals surface area contributed by atoms with E-state index >= 15 is 0 Å². The predicted molar refractivity (Wildman–Crippen MR) is 97.6 cm³/mol. The summed E-state index contributed by atoms with van der Waals surface area (Å²) in [5, 5.41) is 23.8. The topological polar surface area (TPSA) is 84.0 Å². The fourth-order valence-electron chi connectivity index (χ4n) is 2.60. The quantitative estimate of drug-likeness (QED) is 0.740. The molecule has 2 aromatic carbocycles. The third kappa shape index (κ3) is 4.08. The maximum Gasteiger partial charge on any atom is 0.181 e. The maximum atomic E-state index is 10.3. The first-order chi connectivity index (χ1) is 12.6. The zero-order valence-electron chi connectivity index (χ0n) is 14.8. The van der Waals surface area contributed by atoms with E-state index < -0.39 is 6.10 Å². The van der Waals surface area contributed by atoms with E-state index in [0.717, 1.165) is 16.9 Å². The normalized spacial score (nSPS) is 11.8. The molecule has 0 fully saturated rings. The van der Waals surface area contributed by atoms with Crippen LogP contribution in [0.1, 0.15) is 17.0 Å². The number of nitrogens with zero attached hydrogens (tertiary/aromatic N) is 4. The van der Waals surface area contributed by atoms with Gasteiger partial charge in [-0.3, -0.25) is 0 Å². The van der Waals surface area contributed by atoms with Crippen LogP contribution in [0, 0.1) is 25.2 Å². The number of aryl methyl sites for hydroxylation is 2. The first kappa shape index (κ1) is 17.6. The van der Waals surface area contributed by atoms with E-state index in [2.05, 4.69) is 16.2 Å². The Labute approximate surface area is 152 Å². The Bertz CT molecular complexity index is 943. The molecule has 3 rings (SSSR count). The minimum atomic E-state index is -0.715. The lowest BCUT2D eigenvalue weighted by Crippen LogP contribution is -2.25. The van der Waals surface area contributed by atoms with Crippen molar-refractivity contribution < 1.29 is 9.84 Å². The molecule has 0 saturated carbocycles. The number of ether oxygens (including phenoxy) is 1. The summed E-state index contributed by atoms with van der Waals surface area (Å²) in [6, 6.07) is 16.9. The molecule has 0 amide bonds. The molecule has 1 atom stereocenters. The van der Waals surface area contributed by atoms with Gasteiger partial charge in [0.15, 0.2) is 5.82 Å². The maximum absolute atomic E-state index is 10.3. The largest absolute Gasteiger partial charge is 0.491 e. The zero-order chi connectivity index (χ0) is 18.5. The van der Waals surface area contributed by atoms with Crippen molar-refractivity contribution in [3.63, 3.8) is 0 Å². The van der Waals surface area contributed by atoms with Crippen molar-refractivity contribution in [3.8, 4) is 23.2 Å². The fourth-order valence-corrected chi connectivity index (χ4v) is 2.60. The van der Waals surface area contributed by atoms with Gasteiger partial charge in [-0.1, -0.05) is 30.3 Å². The Morgan fingerprint density at radius 2 is 2.00 bits per heavy atom. The molecule has 1 aromatic heterocycles. The van der Waals surface area contributed by atoms with Gasteiger partial charge in [0.25, 0.3) is 0 Å². The van der Waals surface area contributed by atoms with Crippen LogP contribution in [0.25, 0.3) is 11.4 Å². The number of rotatable bonds is 6. The minimum absolute atomic E-state index is 0.170. The van der Waals surface area contributed by atoms with Gasteiger partial charge in [-0.2, -0.15) is 10.4 Å². The van der Waals surface area contributed by atoms with Crippen molar-refractivity contribution in [2.24, 2.45) is 0 Å². The Morgan fingerprint density at radius 3 is 2.77 bits per heavy atom. The van der Waals surface area contributed by atoms with E-state index in [-0.39, 0.29) is 13.2 Å². The number of benzene rings is 2. The van der Waals surface area contributed by atoms with Gasteiger partial charge in [-0.25, -0.2) is 9.67 Å². The van der Waals surface area contributed by atoms with E-state index in [1.54, 1.807) is 22.9 Å². The van der Waals surface area contributed by atoms with Gasteiger partial charge >= 0.3 is 0 Å². The summed E-state index contributed by atoms with van der Waals surface area (Å²) in [7, 11) is 0. The first-order valence-corrected chi connectivity index (χ1v) is 8.35. The molecule has 1 unspecified atom stereocenters. The molecule has 0 aliphatic heterocycles. The molecule has 0 bridgehead atoms. The highest BCUT2D eigenvalue weighted by atomic mass is 16.5. The Hall–Kier alpha value is -3.17. The van der Waals surface area contributed by atoms with E-state index in [0.29, 0.717) is 17.2 Å². The third-order valence-corrected chi connectivity index (χ3v) is 4.02. The monoisotopic (exact) mass is 348 g/mol. The number of aliphatic hydroxyl groups is 1. The van der Waals surface area contributed by atoms with E-state index in [1.807, 2.05) is 44.2 Å². The van der Waals surface area contributed by atoms with Crippen LogP contribution in [0.15, 0.2) is 48.5 Å². The smallest absolute Gasteiger partial charge is 0.181 e. The fraction of sp³-hybridized carbons (Fsp3) is 0.250. The predicted octanol–water partition coefficient (Wildman–Crippen LogP) is 2.87. The lowest BCUT2D eigenvalue weighted by Gasteiger charge is -2.14. The van der Waals surface area contributed by atoms with Crippen LogP contribution < -0.4 is 4.74 Å². The number of aromatic nitrogens is 3. The SMILES string of the molecule is Cc1ccccc1OCC(O)Cn1nc(-c2cccc(C#N)c2)nc1C. The molecule has 0 radical (unpaired) electrons. The molecule has 1 heterocycles. The lowest BCUT2D eigenvalue weighted by atomic mass is 10.1. The number of aliphatic hydroxyl groups excluding tert-OH is 1. The van der Waals surface area contributed by atoms with Crippen molar-refractivity contribution in [1.82, 2.24) is 14.8 Å². The second-order valence-corrected chi connectivity index (χ2v) is 6.09. The molecule has 6 heteroatoms. The van der Waals surface area contributed by atoms with Crippen molar-refractivity contribution in [2.45, 2.75) is 26.5 Å². The molecular weight excluding hydrogens is 328 g/mol. The van der Waals surface area contributed by atoms with Gasteiger partial charge in [-0.15, -0.1) is 0 Å². The second kappa shape index (κ2) is 7.81. The van der Waals surface area contributed by atoms with Crippen LogP contribution in [-0.2, 0) is 6.54 Å². The van der Waals surface area contributed by atoms with Gasteiger partial charge in [-0.05, 0) is 37.6 Å². The molecule has 6 nitrogen and oxygen atoms in total. The van der Waals surface area contributed by atoms with Crippen LogP contribution in [0.4, 0.5) is 0 Å². The average molecular weight is 348 g/mol. The van der Waals surface area contributed by atoms with Crippen LogP contribution in [0.5, 0.6) is 5.75 Å². The van der Waals surface area contributed by atoms with Gasteiger partial charge in [0.2, 0.25) is 0 Å². The summed E-state index contributed by atoms with van der Waals surface area (Å²) in [5.74, 6) is 1.99. The Morgan fingerprint density at radius 1 is 1.19 bits per heavy atom. The number of nitriles is 1. The van der Waals surface area contributed by atoms with Crippen LogP contribution in [-0.4, -0.2) is 32.6 Å². The lowest BCUT2D eigenvalue weighted by molar-refractivity contribution is 0.0884. The first-order valence-electron chi connectivity index (χ1n) is 8.35. The number of hydrogen-bond donors (Lipinski definition) is 1. The highest BCUT2D eigenvalue weighted by Gasteiger charge is 2.13. The van der Waals surface area contributed by atoms with Crippen LogP contribution >= 0.6 is 0 Å². The molecule has 3 aromatic rings. The summed E-state index contributed by atoms with van der Waals surface area (Å²) in [6.07, 6.45) is -0.715. The van der Waals surface area contributed by atoms with Crippen molar-refractivity contribution in [1.29, 1.82) is 5.26 Å². The molecule has 26 heavy (non-hydrogen) atoms. The molecule has 0 aliphatic rings. The summed E-state index contributed by atoms with van der Waals surface area (Å²) in [5.41, 5.74) is 2.36. The van der Waals surface area contributed by atoms with Crippen LogP contribution in [0.3, 0.4) is 0 Å². The summed E-state index contributed by atoms with van der Waals surface area (Å²) < 4.78 is 7.34. The molecule has 0 spiro atoms. The number of para-hydroxylation sites is 1. The average Bonchev–Trinajstić information content (AvgIpc) is 3.01. The third-order valence-electron chi connectivity index (χ3n) is 4.02. The molecule has 132 valence electrons. The molecular formula is C20H20N4O2. The standard InChI is InChI=1S/C20H20N4O2/c1-14-6-3-4-9-19(14)26-13-18(25)12-24-15(2)22-20(23-24)17-8-5-7-16(10-17)11-21/h3-10,18,25H,12-13H2,1-2H3. The number of hydrogen-bond acceptors (Lipinski definition) is 5. The molecule has 1 N–H and O–H groups in total. The van der Waals surface area contributed by atoms with E-state index in [4.69, 9.17) is 10.00 Å². The second-order valence-electron chi connectivity index (χ2n) is 6.09. The Kier molecular flexibility index (Phi) is 5.30. The van der Waals surface area contributed by atoms with Crippen LogP contribution in [0.2, 0.25) is 0 Å². The van der Waals surface area contributed by atoms with E-state index in [9.17, 15) is 5.11 Å². The van der Waals surface area contributed by atoms with Gasteiger partial charge in [0.1, 0.15) is 24.3 Å². The van der Waals surface area contributed by atoms with Gasteiger partial charge in [0, 0.05) is 5.56 Å². The van der Waals surface area contributed by atoms with Crippen molar-refractivity contribution >= 4 is 0 Å². The molecule has 0 saturated heterocycles. The highest BCUT2D eigenvalue weighted by molar-refractivity contribution is 5.57. The highest BCUT2D eigenvalue weighted by Crippen LogP contribution is 2.18. The summed E-state index contributed by atoms with van der Waals surface area (Å²) >= 11 is 0. The van der Waals surface area contributed by atoms with Crippen molar-refractivity contribution in [3.05, 3.63) is 65.5 Å². The zero-order valence-corrected chi connectivity index (χ0v) is 14.8. The Balaban J connectivity index is 1.67. The summed E-state index contributed by atoms with van der Waals surface area (Å²) in [6.45, 7) is 4.25. The molecule has 0 aliphatic carbocycles. The van der Waals surface area contributed by atoms with Gasteiger partial charge < -0.3 is 9.84 Å². The van der Waals surface area contributed by atoms with Gasteiger partial charge in [0.05, 0.1) is 18.2 Å². The summed E-state index contributed by atoms with van der Waals surface area (Å²) in [4.78, 5) is 4.43.